The van der Waals surface area contributed by atoms with Crippen molar-refractivity contribution in [3.05, 3.63) is 59.8 Å². The molecule has 2 aromatic carbocycles. The van der Waals surface area contributed by atoms with Gasteiger partial charge in [-0.05, 0) is 57.5 Å². The van der Waals surface area contributed by atoms with E-state index in [1.54, 1.807) is 0 Å². The van der Waals surface area contributed by atoms with Crippen molar-refractivity contribution in [1.82, 2.24) is 4.98 Å². The van der Waals surface area contributed by atoms with Crippen LogP contribution in [0.1, 0.15) is 26.5 Å². The molecule has 4 aromatic rings. The molecule has 0 radical (unpaired) electrons. The van der Waals surface area contributed by atoms with Crippen molar-refractivity contribution in [2.24, 2.45) is 0 Å². The summed E-state index contributed by atoms with van der Waals surface area (Å²) in [7, 11) is 0. The van der Waals surface area contributed by atoms with Crippen LogP contribution in [-0.4, -0.2) is 17.7 Å². The van der Waals surface area contributed by atoms with Crippen molar-refractivity contribution in [2.45, 2.75) is 33.7 Å². The van der Waals surface area contributed by atoms with Crippen LogP contribution in [0.15, 0.2) is 52.9 Å². The standard InChI is InChI=1S/C23H23N3O/c1-14(2)25-13-26(20-8-6-5-7-19(20)25)21-15(3)9-11-17-18-12-10-16(4)24-23(18)27-22(17)21/h5-12,14H,13H2,1-4H3/i14D. The predicted octanol–water partition coefficient (Wildman–Crippen LogP) is 5.92. The van der Waals surface area contributed by atoms with Crippen LogP contribution in [0.4, 0.5) is 17.1 Å². The fraction of sp³-hybridized carbons (Fsp3) is 0.261. The molecule has 0 atom stereocenters. The minimum absolute atomic E-state index is 0.610. The molecular weight excluding hydrogens is 334 g/mol. The third-order valence-corrected chi connectivity index (χ3v) is 5.38. The van der Waals surface area contributed by atoms with Crippen molar-refractivity contribution >= 4 is 39.1 Å². The highest BCUT2D eigenvalue weighted by molar-refractivity contribution is 6.09. The van der Waals surface area contributed by atoms with Gasteiger partial charge in [0, 0.05) is 22.5 Å². The van der Waals surface area contributed by atoms with Crippen molar-refractivity contribution in [3.63, 3.8) is 0 Å². The van der Waals surface area contributed by atoms with Gasteiger partial charge < -0.3 is 14.2 Å². The minimum atomic E-state index is -0.723. The van der Waals surface area contributed by atoms with Gasteiger partial charge in [-0.25, -0.2) is 4.98 Å². The topological polar surface area (TPSA) is 32.5 Å². The third-order valence-electron chi connectivity index (χ3n) is 5.38. The molecule has 2 aromatic heterocycles. The fourth-order valence-corrected chi connectivity index (χ4v) is 4.02. The lowest BCUT2D eigenvalue weighted by molar-refractivity contribution is 0.649. The van der Waals surface area contributed by atoms with Crippen LogP contribution in [0, 0.1) is 13.8 Å². The van der Waals surface area contributed by atoms with Gasteiger partial charge >= 0.3 is 0 Å². The van der Waals surface area contributed by atoms with Gasteiger partial charge in [0.25, 0.3) is 0 Å². The summed E-state index contributed by atoms with van der Waals surface area (Å²) in [5, 5.41) is 2.11. The smallest absolute Gasteiger partial charge is 0.227 e. The molecule has 1 aliphatic rings. The zero-order chi connectivity index (χ0) is 19.6. The summed E-state index contributed by atoms with van der Waals surface area (Å²) in [5.74, 6) is 0. The Morgan fingerprint density at radius 2 is 1.74 bits per heavy atom. The Morgan fingerprint density at radius 3 is 2.52 bits per heavy atom. The van der Waals surface area contributed by atoms with Crippen LogP contribution in [0.25, 0.3) is 22.1 Å². The molecule has 0 aliphatic carbocycles. The summed E-state index contributed by atoms with van der Waals surface area (Å²) in [6, 6.07) is 15.9. The first kappa shape index (κ1) is 15.1. The number of fused-ring (bicyclic) bond motifs is 4. The maximum atomic E-state index is 8.61. The fourth-order valence-electron chi connectivity index (χ4n) is 4.02. The summed E-state index contributed by atoms with van der Waals surface area (Å²) in [5.41, 5.74) is 6.83. The summed E-state index contributed by atoms with van der Waals surface area (Å²) in [6.07, 6.45) is 0. The van der Waals surface area contributed by atoms with Gasteiger partial charge in [-0.1, -0.05) is 24.3 Å². The van der Waals surface area contributed by atoms with E-state index in [1.807, 2.05) is 39.0 Å². The summed E-state index contributed by atoms with van der Waals surface area (Å²) in [6.45, 7) is 8.55. The summed E-state index contributed by atoms with van der Waals surface area (Å²) >= 11 is 0. The molecule has 3 heterocycles. The highest BCUT2D eigenvalue weighted by Gasteiger charge is 2.31. The van der Waals surface area contributed by atoms with E-state index in [1.165, 1.54) is 0 Å². The van der Waals surface area contributed by atoms with Crippen molar-refractivity contribution in [1.29, 1.82) is 0 Å². The number of hydrogen-bond acceptors (Lipinski definition) is 4. The Hall–Kier alpha value is -3.01. The number of pyridine rings is 1. The molecular formula is C23H23N3O. The van der Waals surface area contributed by atoms with Gasteiger partial charge in [0.1, 0.15) is 0 Å². The predicted molar refractivity (Wildman–Crippen MR) is 112 cm³/mol. The normalized spacial score (nSPS) is 14.9. The molecule has 27 heavy (non-hydrogen) atoms. The van der Waals surface area contributed by atoms with Crippen LogP contribution in [-0.2, 0) is 0 Å². The number of hydrogen-bond donors (Lipinski definition) is 0. The molecule has 0 unspecified atom stereocenters. The van der Waals surface area contributed by atoms with E-state index in [-0.39, 0.29) is 0 Å². The Labute approximate surface area is 160 Å². The number of furan rings is 1. The monoisotopic (exact) mass is 358 g/mol. The van der Waals surface area contributed by atoms with Crippen LogP contribution in [0.3, 0.4) is 0 Å². The highest BCUT2D eigenvalue weighted by atomic mass is 16.3. The molecule has 0 spiro atoms. The number of para-hydroxylation sites is 2. The highest BCUT2D eigenvalue weighted by Crippen LogP contribution is 2.46. The van der Waals surface area contributed by atoms with Gasteiger partial charge in [-0.2, -0.15) is 0 Å². The van der Waals surface area contributed by atoms with Crippen molar-refractivity contribution < 1.29 is 5.79 Å². The van der Waals surface area contributed by atoms with E-state index in [2.05, 4.69) is 52.0 Å². The molecule has 4 nitrogen and oxygen atoms in total. The first-order chi connectivity index (χ1) is 13.3. The number of rotatable bonds is 2. The number of nitrogens with zero attached hydrogens (tertiary/aromatic N) is 3. The molecule has 5 rings (SSSR count). The number of aromatic nitrogens is 1. The average molecular weight is 358 g/mol. The quantitative estimate of drug-likeness (QED) is 0.445. The Morgan fingerprint density at radius 1 is 1.00 bits per heavy atom. The second-order valence-corrected chi connectivity index (χ2v) is 7.45. The summed E-state index contributed by atoms with van der Waals surface area (Å²) < 4.78 is 14.9. The molecule has 0 saturated heterocycles. The maximum absolute atomic E-state index is 8.61. The van der Waals surface area contributed by atoms with Crippen LogP contribution < -0.4 is 9.80 Å². The van der Waals surface area contributed by atoms with Gasteiger partial charge in [-0.15, -0.1) is 0 Å². The van der Waals surface area contributed by atoms with Gasteiger partial charge in [-0.3, -0.25) is 0 Å². The largest absolute Gasteiger partial charge is 0.435 e. The number of aryl methyl sites for hydroxylation is 2. The van der Waals surface area contributed by atoms with Gasteiger partial charge in [0.2, 0.25) is 5.71 Å². The molecule has 0 fully saturated rings. The Bertz CT molecular complexity index is 1220. The van der Waals surface area contributed by atoms with Crippen molar-refractivity contribution in [2.75, 3.05) is 16.5 Å². The van der Waals surface area contributed by atoms with Crippen molar-refractivity contribution in [3.8, 4) is 0 Å². The lowest BCUT2D eigenvalue weighted by Crippen LogP contribution is -2.33. The van der Waals surface area contributed by atoms with Gasteiger partial charge in [0.05, 0.1) is 25.1 Å². The Kier molecular flexibility index (Phi) is 3.21. The van der Waals surface area contributed by atoms with Gasteiger partial charge in [0.15, 0.2) is 5.58 Å². The van der Waals surface area contributed by atoms with E-state index in [4.69, 9.17) is 5.79 Å². The average Bonchev–Trinajstić information content (AvgIpc) is 3.19. The van der Waals surface area contributed by atoms with E-state index in [0.29, 0.717) is 12.4 Å². The molecule has 1 aliphatic heterocycles. The SMILES string of the molecule is [2H]C(C)(C)N1CN(c2c(C)ccc3c2oc2nc(C)ccc23)c2ccccc21. The van der Waals surface area contributed by atoms with Crippen LogP contribution in [0.5, 0.6) is 0 Å². The molecule has 0 bridgehead atoms. The lowest BCUT2D eigenvalue weighted by Gasteiger charge is -2.26. The molecule has 136 valence electrons. The second-order valence-electron chi connectivity index (χ2n) is 7.45. The first-order valence-corrected chi connectivity index (χ1v) is 9.28. The van der Waals surface area contributed by atoms with E-state index in [9.17, 15) is 0 Å². The summed E-state index contributed by atoms with van der Waals surface area (Å²) in [4.78, 5) is 8.96. The van der Waals surface area contributed by atoms with Crippen LogP contribution >= 0.6 is 0 Å². The van der Waals surface area contributed by atoms with E-state index >= 15 is 0 Å². The molecule has 0 saturated carbocycles. The molecule has 0 N–H and O–H groups in total. The zero-order valence-electron chi connectivity index (χ0n) is 17.1. The lowest BCUT2D eigenvalue weighted by atomic mass is 10.1. The first-order valence-electron chi connectivity index (χ1n) is 9.78. The minimum Gasteiger partial charge on any atom is -0.435 e. The zero-order valence-corrected chi connectivity index (χ0v) is 16.1. The van der Waals surface area contributed by atoms with Crippen LogP contribution in [0.2, 0.25) is 0 Å². The molecule has 0 amide bonds. The number of anilines is 3. The van der Waals surface area contributed by atoms with E-state index < -0.39 is 6.02 Å². The van der Waals surface area contributed by atoms with E-state index in [0.717, 1.165) is 44.7 Å². The number of benzene rings is 2. The second kappa shape index (κ2) is 5.74. The molecule has 4 heteroatoms. The maximum Gasteiger partial charge on any atom is 0.227 e. The third kappa shape index (κ3) is 2.33. The Balaban J connectivity index is 1.78.